The highest BCUT2D eigenvalue weighted by atomic mass is 15.4. The third-order valence-electron chi connectivity index (χ3n) is 5.29. The molecule has 1 heterocycles. The van der Waals surface area contributed by atoms with Crippen LogP contribution in [0.15, 0.2) is 54.6 Å². The zero-order valence-electron chi connectivity index (χ0n) is 16.2. The summed E-state index contributed by atoms with van der Waals surface area (Å²) in [5.74, 6) is 0.549. The second-order valence-electron chi connectivity index (χ2n) is 7.63. The highest BCUT2D eigenvalue weighted by Crippen LogP contribution is 2.24. The van der Waals surface area contributed by atoms with E-state index in [4.69, 9.17) is 0 Å². The number of nitrogens with zero attached hydrogens (tertiary/aromatic N) is 1. The molecule has 0 amide bonds. The highest BCUT2D eigenvalue weighted by Gasteiger charge is 2.27. The maximum absolute atomic E-state index is 3.65. The largest absolute Gasteiger partial charge is 0.312 e. The molecule has 0 aromatic heterocycles. The summed E-state index contributed by atoms with van der Waals surface area (Å²) in [6, 6.07) is 20.6. The Morgan fingerprint density at radius 3 is 2.62 bits per heavy atom. The van der Waals surface area contributed by atoms with E-state index in [0.717, 1.165) is 26.2 Å². The molecule has 1 saturated heterocycles. The molecule has 140 valence electrons. The Morgan fingerprint density at radius 1 is 1.08 bits per heavy atom. The summed E-state index contributed by atoms with van der Waals surface area (Å²) < 4.78 is 0. The molecule has 4 nitrogen and oxygen atoms in total. The van der Waals surface area contributed by atoms with Gasteiger partial charge >= 0.3 is 0 Å². The van der Waals surface area contributed by atoms with Gasteiger partial charge in [0.15, 0.2) is 0 Å². The lowest BCUT2D eigenvalue weighted by Gasteiger charge is -2.21. The SMILES string of the molecule is CC(C)N(C)Cc1cccc(CNCC2CNNC2c2ccccc2)c1. The van der Waals surface area contributed by atoms with E-state index < -0.39 is 0 Å². The smallest absolute Gasteiger partial charge is 0.0515 e. The second-order valence-corrected chi connectivity index (χ2v) is 7.63. The summed E-state index contributed by atoms with van der Waals surface area (Å²) in [4.78, 5) is 2.37. The second kappa shape index (κ2) is 9.28. The maximum atomic E-state index is 3.65. The van der Waals surface area contributed by atoms with Gasteiger partial charge in [-0.25, -0.2) is 5.43 Å². The molecule has 1 fully saturated rings. The molecule has 4 heteroatoms. The van der Waals surface area contributed by atoms with Crippen molar-refractivity contribution in [3.8, 4) is 0 Å². The lowest BCUT2D eigenvalue weighted by molar-refractivity contribution is 0.265. The number of hydrazine groups is 1. The minimum Gasteiger partial charge on any atom is -0.312 e. The van der Waals surface area contributed by atoms with Crippen LogP contribution in [0.3, 0.4) is 0 Å². The van der Waals surface area contributed by atoms with Gasteiger partial charge in [0.25, 0.3) is 0 Å². The average Bonchev–Trinajstić information content (AvgIpc) is 3.11. The Kier molecular flexibility index (Phi) is 6.80. The number of benzene rings is 2. The summed E-state index contributed by atoms with van der Waals surface area (Å²) in [7, 11) is 2.18. The third-order valence-corrected chi connectivity index (χ3v) is 5.29. The molecule has 2 aromatic rings. The van der Waals surface area contributed by atoms with Gasteiger partial charge in [0, 0.05) is 38.1 Å². The minimum absolute atomic E-state index is 0.370. The monoisotopic (exact) mass is 352 g/mol. The summed E-state index contributed by atoms with van der Waals surface area (Å²) in [5.41, 5.74) is 10.8. The number of hydrogen-bond acceptors (Lipinski definition) is 4. The fraction of sp³-hybridized carbons (Fsp3) is 0.455. The van der Waals surface area contributed by atoms with Crippen molar-refractivity contribution in [1.29, 1.82) is 0 Å². The molecule has 2 aromatic carbocycles. The van der Waals surface area contributed by atoms with Crippen molar-refractivity contribution in [1.82, 2.24) is 21.1 Å². The fourth-order valence-electron chi connectivity index (χ4n) is 3.45. The normalized spacial score (nSPS) is 20.2. The van der Waals surface area contributed by atoms with Crippen LogP contribution >= 0.6 is 0 Å². The third kappa shape index (κ3) is 5.15. The van der Waals surface area contributed by atoms with Crippen molar-refractivity contribution in [2.24, 2.45) is 5.92 Å². The van der Waals surface area contributed by atoms with Gasteiger partial charge in [0.1, 0.15) is 0 Å². The first-order valence-corrected chi connectivity index (χ1v) is 9.65. The predicted octanol–water partition coefficient (Wildman–Crippen LogP) is 3.08. The molecule has 26 heavy (non-hydrogen) atoms. The predicted molar refractivity (Wildman–Crippen MR) is 109 cm³/mol. The Morgan fingerprint density at radius 2 is 1.85 bits per heavy atom. The summed E-state index contributed by atoms with van der Waals surface area (Å²) in [5, 5.41) is 3.65. The first kappa shape index (κ1) is 19.1. The van der Waals surface area contributed by atoms with Crippen LogP contribution in [-0.4, -0.2) is 31.1 Å². The molecule has 1 aliphatic heterocycles. The Labute approximate surface area is 158 Å². The zero-order chi connectivity index (χ0) is 18.4. The van der Waals surface area contributed by atoms with Crippen LogP contribution in [-0.2, 0) is 13.1 Å². The molecule has 2 unspecified atom stereocenters. The van der Waals surface area contributed by atoms with E-state index in [-0.39, 0.29) is 0 Å². The van der Waals surface area contributed by atoms with Gasteiger partial charge in [0.2, 0.25) is 0 Å². The van der Waals surface area contributed by atoms with Crippen LogP contribution in [0.1, 0.15) is 36.6 Å². The standard InChI is InChI=1S/C22H32N4/c1-17(2)26(3)16-19-9-7-8-18(12-19)13-23-14-21-15-24-25-22(21)20-10-5-4-6-11-20/h4-12,17,21-25H,13-16H2,1-3H3. The van der Waals surface area contributed by atoms with E-state index in [2.05, 4.69) is 96.6 Å². The van der Waals surface area contributed by atoms with Crippen molar-refractivity contribution < 1.29 is 0 Å². The van der Waals surface area contributed by atoms with E-state index >= 15 is 0 Å². The van der Waals surface area contributed by atoms with E-state index in [1.165, 1.54) is 16.7 Å². The van der Waals surface area contributed by atoms with Gasteiger partial charge < -0.3 is 5.32 Å². The number of nitrogens with one attached hydrogen (secondary N) is 3. The van der Waals surface area contributed by atoms with Crippen molar-refractivity contribution in [2.75, 3.05) is 20.1 Å². The van der Waals surface area contributed by atoms with E-state index in [9.17, 15) is 0 Å². The molecule has 0 bridgehead atoms. The maximum Gasteiger partial charge on any atom is 0.0515 e. The molecule has 3 N–H and O–H groups in total. The minimum atomic E-state index is 0.370. The van der Waals surface area contributed by atoms with Crippen LogP contribution in [0.4, 0.5) is 0 Å². The van der Waals surface area contributed by atoms with Crippen molar-refractivity contribution in [3.63, 3.8) is 0 Å². The molecular weight excluding hydrogens is 320 g/mol. The van der Waals surface area contributed by atoms with Crippen LogP contribution in [0.2, 0.25) is 0 Å². The van der Waals surface area contributed by atoms with Crippen LogP contribution < -0.4 is 16.2 Å². The van der Waals surface area contributed by atoms with Crippen LogP contribution in [0, 0.1) is 5.92 Å². The van der Waals surface area contributed by atoms with Crippen molar-refractivity contribution in [2.45, 2.75) is 39.0 Å². The van der Waals surface area contributed by atoms with E-state index in [0.29, 0.717) is 18.0 Å². The van der Waals surface area contributed by atoms with Gasteiger partial charge in [-0.2, -0.15) is 0 Å². The molecule has 0 radical (unpaired) electrons. The Balaban J connectivity index is 1.51. The number of rotatable bonds is 8. The molecule has 3 rings (SSSR count). The van der Waals surface area contributed by atoms with Crippen LogP contribution in [0.25, 0.3) is 0 Å². The molecule has 0 spiro atoms. The first-order valence-electron chi connectivity index (χ1n) is 9.65. The van der Waals surface area contributed by atoms with Gasteiger partial charge in [-0.15, -0.1) is 0 Å². The van der Waals surface area contributed by atoms with Crippen molar-refractivity contribution in [3.05, 3.63) is 71.3 Å². The van der Waals surface area contributed by atoms with Gasteiger partial charge in [-0.3, -0.25) is 10.3 Å². The lowest BCUT2D eigenvalue weighted by Crippen LogP contribution is -2.28. The summed E-state index contributed by atoms with van der Waals surface area (Å²) >= 11 is 0. The van der Waals surface area contributed by atoms with Gasteiger partial charge in [-0.1, -0.05) is 54.6 Å². The first-order chi connectivity index (χ1) is 12.6. The molecule has 2 atom stereocenters. The topological polar surface area (TPSA) is 39.3 Å². The average molecular weight is 353 g/mol. The Bertz CT molecular complexity index is 671. The zero-order valence-corrected chi connectivity index (χ0v) is 16.2. The molecule has 0 aliphatic carbocycles. The molecule has 0 saturated carbocycles. The lowest BCUT2D eigenvalue weighted by atomic mass is 9.95. The molecule has 1 aliphatic rings. The van der Waals surface area contributed by atoms with Crippen LogP contribution in [0.5, 0.6) is 0 Å². The summed E-state index contributed by atoms with van der Waals surface area (Å²) in [6.45, 7) is 8.37. The fourth-order valence-corrected chi connectivity index (χ4v) is 3.45. The van der Waals surface area contributed by atoms with Gasteiger partial charge in [-0.05, 0) is 37.6 Å². The summed E-state index contributed by atoms with van der Waals surface area (Å²) in [6.07, 6.45) is 0. The molecular formula is C22H32N4. The van der Waals surface area contributed by atoms with Gasteiger partial charge in [0.05, 0.1) is 6.04 Å². The quantitative estimate of drug-likeness (QED) is 0.683. The van der Waals surface area contributed by atoms with E-state index in [1.54, 1.807) is 0 Å². The number of hydrogen-bond donors (Lipinski definition) is 3. The van der Waals surface area contributed by atoms with Crippen molar-refractivity contribution >= 4 is 0 Å². The van der Waals surface area contributed by atoms with E-state index in [1.807, 2.05) is 0 Å². The Hall–Kier alpha value is -1.72. The highest BCUT2D eigenvalue weighted by molar-refractivity contribution is 5.24.